The van der Waals surface area contributed by atoms with E-state index >= 15 is 13.2 Å². The highest BCUT2D eigenvalue weighted by Gasteiger charge is 2.67. The molecule has 2 N–H and O–H groups in total. The Morgan fingerprint density at radius 1 is 0.968 bits per heavy atom. The van der Waals surface area contributed by atoms with E-state index in [2.05, 4.69) is 20.2 Å². The lowest BCUT2D eigenvalue weighted by Crippen LogP contribution is -2.38. The van der Waals surface area contributed by atoms with Crippen LogP contribution in [0.5, 0.6) is 0 Å². The van der Waals surface area contributed by atoms with Crippen LogP contribution in [0.15, 0.2) is 71.5 Å². The lowest BCUT2D eigenvalue weighted by atomic mass is 10.0. The maximum absolute atomic E-state index is 15.5. The van der Waals surface area contributed by atoms with E-state index in [0.29, 0.717) is 16.8 Å². The van der Waals surface area contributed by atoms with Crippen LogP contribution in [-0.4, -0.2) is 49.7 Å². The number of sulfonamides is 1. The van der Waals surface area contributed by atoms with Crippen LogP contribution in [0, 0.1) is 29.2 Å². The summed E-state index contributed by atoms with van der Waals surface area (Å²) in [6.07, 6.45) is -2.96. The number of rotatable bonds is 11. The van der Waals surface area contributed by atoms with Crippen molar-refractivity contribution in [3.8, 4) is 16.8 Å². The lowest BCUT2D eigenvalue weighted by Gasteiger charge is -2.24. The Morgan fingerprint density at radius 3 is 2.38 bits per heavy atom. The highest BCUT2D eigenvalue weighted by atomic mass is 35.5. The predicted octanol–water partition coefficient (Wildman–Crippen LogP) is 7.96. The summed E-state index contributed by atoms with van der Waals surface area (Å²) in [5.74, 6) is -11.3. The van der Waals surface area contributed by atoms with Gasteiger partial charge in [0, 0.05) is 42.6 Å². The molecule has 1 fully saturated rings. The van der Waals surface area contributed by atoms with Crippen LogP contribution in [0.2, 0.25) is 5.02 Å². The third kappa shape index (κ3) is 7.35. The number of carbonyl (C=O) groups excluding carboxylic acids is 1. The SMILES string of the molecule is Cn1nc(NS(C)(=O)=O)c2c(Cl)ccc(-n3c([C@H](Cc4cc(F)cc(F)c4)NC(=O)Cn4nc(C(F)F)c5c4C(F)(F)[C@@H]4CC54)nc4cc(-c5ccc(F)cc5F)ccc4c3=O)c21. The minimum atomic E-state index is -3.95. The second-order valence-corrected chi connectivity index (χ2v) is 17.5. The van der Waals surface area contributed by atoms with Gasteiger partial charge in [-0.1, -0.05) is 17.7 Å². The third-order valence-electron chi connectivity index (χ3n) is 11.0. The molecule has 1 amide bonds. The normalized spacial score (nSPS) is 17.0. The van der Waals surface area contributed by atoms with Crippen molar-refractivity contribution in [1.29, 1.82) is 0 Å². The first kappa shape index (κ1) is 42.0. The van der Waals surface area contributed by atoms with Crippen LogP contribution in [0.4, 0.5) is 40.9 Å². The zero-order valence-corrected chi connectivity index (χ0v) is 34.0. The van der Waals surface area contributed by atoms with Gasteiger partial charge in [-0.05, 0) is 72.0 Å². The molecule has 2 aliphatic rings. The first-order valence-corrected chi connectivity index (χ1v) is 21.1. The molecule has 0 radical (unpaired) electrons. The number of benzene rings is 4. The predicted molar refractivity (Wildman–Crippen MR) is 213 cm³/mol. The molecule has 7 aromatic rings. The van der Waals surface area contributed by atoms with Gasteiger partial charge in [0.25, 0.3) is 17.9 Å². The van der Waals surface area contributed by atoms with Crippen LogP contribution in [0.3, 0.4) is 0 Å². The molecule has 2 aliphatic carbocycles. The summed E-state index contributed by atoms with van der Waals surface area (Å²) < 4.78 is 147. The summed E-state index contributed by atoms with van der Waals surface area (Å²) in [5, 5.41) is 10.4. The Hall–Kier alpha value is -6.35. The second kappa shape index (κ2) is 14.9. The monoisotopic (exact) mass is 916 g/mol. The maximum Gasteiger partial charge on any atom is 0.293 e. The fraction of sp³-hybridized carbons (Fsp3) is 0.244. The van der Waals surface area contributed by atoms with E-state index in [9.17, 15) is 40.0 Å². The van der Waals surface area contributed by atoms with Gasteiger partial charge in [0.05, 0.1) is 44.8 Å². The van der Waals surface area contributed by atoms with Crippen molar-refractivity contribution in [2.24, 2.45) is 13.0 Å². The molecule has 3 heterocycles. The molecule has 1 saturated carbocycles. The van der Waals surface area contributed by atoms with E-state index in [1.807, 2.05) is 0 Å². The zero-order valence-electron chi connectivity index (χ0n) is 32.4. The summed E-state index contributed by atoms with van der Waals surface area (Å²) >= 11 is 6.59. The third-order valence-corrected chi connectivity index (χ3v) is 11.9. The molecule has 0 aliphatic heterocycles. The lowest BCUT2D eigenvalue weighted by molar-refractivity contribution is -0.123. The van der Waals surface area contributed by atoms with Gasteiger partial charge in [-0.25, -0.2) is 39.7 Å². The highest BCUT2D eigenvalue weighted by molar-refractivity contribution is 7.92. The van der Waals surface area contributed by atoms with E-state index in [-0.39, 0.29) is 72.8 Å². The maximum atomic E-state index is 15.5. The molecule has 12 nitrogen and oxygen atoms in total. The molecule has 1 unspecified atom stereocenters. The molecule has 0 spiro atoms. The zero-order chi connectivity index (χ0) is 45.0. The van der Waals surface area contributed by atoms with Gasteiger partial charge in [-0.2, -0.15) is 19.0 Å². The molecule has 0 saturated heterocycles. The number of anilines is 1. The Kier molecular flexibility index (Phi) is 9.92. The molecule has 4 aromatic carbocycles. The summed E-state index contributed by atoms with van der Waals surface area (Å²) in [6, 6.07) is 10.2. The number of aryl methyl sites for hydroxylation is 1. The van der Waals surface area contributed by atoms with Gasteiger partial charge >= 0.3 is 0 Å². The Labute approximate surface area is 355 Å². The van der Waals surface area contributed by atoms with Gasteiger partial charge in [0.15, 0.2) is 5.82 Å². The number of amides is 1. The number of aromatic nitrogens is 6. The molecule has 0 bridgehead atoms. The number of hydrogen-bond donors (Lipinski definition) is 2. The van der Waals surface area contributed by atoms with Crippen molar-refractivity contribution in [3.05, 3.63) is 134 Å². The van der Waals surface area contributed by atoms with E-state index in [1.54, 1.807) is 0 Å². The van der Waals surface area contributed by atoms with Crippen molar-refractivity contribution < 1.29 is 48.3 Å². The van der Waals surface area contributed by atoms with Crippen LogP contribution in [-0.2, 0) is 40.8 Å². The first-order valence-electron chi connectivity index (χ1n) is 18.9. The van der Waals surface area contributed by atoms with Gasteiger partial charge in [0.2, 0.25) is 15.9 Å². The first-order chi connectivity index (χ1) is 29.7. The molecule has 63 heavy (non-hydrogen) atoms. The summed E-state index contributed by atoms with van der Waals surface area (Å²) in [6.45, 7) is -1.04. The van der Waals surface area contributed by atoms with Crippen LogP contribution < -0.4 is 15.6 Å². The van der Waals surface area contributed by atoms with E-state index in [1.165, 1.54) is 42.1 Å². The molecule has 22 heteroatoms. The largest absolute Gasteiger partial charge is 0.344 e. The minimum absolute atomic E-state index is 0.0105. The molecular formula is C41H29ClF8N8O4S. The molecule has 9 rings (SSSR count). The standard InChI is InChI=1S/C41H29ClF8N8O4S/c1-56-35-30(8-7-26(42)33(35)38(54-56)55-63(2,61)62)58-39(52-28-12-18(3-5-23(28)40(58)60)22-6-4-19(43)14-27(22)46)29(11-17-9-20(44)13-21(45)10-17)51-31(59)16-57-36-32(34(53-57)37(47)48)24-15-25(24)41(36,49)50/h3-10,12-14,24-25,29,37H,11,15-16H2,1-2H3,(H,51,59)(H,54,55)/t24?,25-,29+/m1/s1. The van der Waals surface area contributed by atoms with Crippen molar-refractivity contribution in [1.82, 2.24) is 34.4 Å². The number of halogens is 9. The smallest absolute Gasteiger partial charge is 0.293 e. The van der Waals surface area contributed by atoms with Gasteiger partial charge in [-0.15, -0.1) is 0 Å². The summed E-state index contributed by atoms with van der Waals surface area (Å²) in [7, 11) is -2.55. The van der Waals surface area contributed by atoms with Crippen molar-refractivity contribution >= 4 is 55.2 Å². The minimum Gasteiger partial charge on any atom is -0.344 e. The number of fused-ring (bicyclic) bond motifs is 5. The fourth-order valence-corrected chi connectivity index (χ4v) is 9.21. The number of hydrogen-bond acceptors (Lipinski definition) is 7. The van der Waals surface area contributed by atoms with Crippen LogP contribution >= 0.6 is 11.6 Å². The molecular weight excluding hydrogens is 888 g/mol. The Balaban J connectivity index is 1.26. The van der Waals surface area contributed by atoms with E-state index in [4.69, 9.17) is 16.6 Å². The van der Waals surface area contributed by atoms with Crippen LogP contribution in [0.1, 0.15) is 53.1 Å². The topological polar surface area (TPSA) is 146 Å². The van der Waals surface area contributed by atoms with E-state index < -0.39 is 99.3 Å². The number of nitrogens with one attached hydrogen (secondary N) is 2. The second-order valence-electron chi connectivity index (χ2n) is 15.4. The molecule has 3 aromatic heterocycles. The average Bonchev–Trinajstić information content (AvgIpc) is 3.72. The van der Waals surface area contributed by atoms with Gasteiger partial charge in [-0.3, -0.25) is 28.2 Å². The quantitative estimate of drug-likeness (QED) is 0.125. The highest BCUT2D eigenvalue weighted by Crippen LogP contribution is 2.68. The average molecular weight is 917 g/mol. The summed E-state index contributed by atoms with van der Waals surface area (Å²) in [4.78, 5) is 33.8. The van der Waals surface area contributed by atoms with Gasteiger partial charge < -0.3 is 5.32 Å². The summed E-state index contributed by atoms with van der Waals surface area (Å²) in [5.41, 5.74) is -3.13. The van der Waals surface area contributed by atoms with Crippen LogP contribution in [0.25, 0.3) is 38.6 Å². The number of alkyl halides is 4. The molecule has 326 valence electrons. The van der Waals surface area contributed by atoms with Crippen molar-refractivity contribution in [2.75, 3.05) is 11.0 Å². The number of nitrogens with zero attached hydrogens (tertiary/aromatic N) is 6. The Bertz CT molecular complexity index is 3250. The Morgan fingerprint density at radius 2 is 1.70 bits per heavy atom. The van der Waals surface area contributed by atoms with Gasteiger partial charge in [0.1, 0.15) is 47.0 Å². The number of carbonyl (C=O) groups is 1. The molecule has 3 atom stereocenters. The fourth-order valence-electron chi connectivity index (χ4n) is 8.47. The van der Waals surface area contributed by atoms with E-state index in [0.717, 1.165) is 35.1 Å². The van der Waals surface area contributed by atoms with Crippen molar-refractivity contribution in [2.45, 2.75) is 43.7 Å². The van der Waals surface area contributed by atoms with Crippen molar-refractivity contribution in [3.63, 3.8) is 0 Å².